The lowest BCUT2D eigenvalue weighted by Gasteiger charge is -2.34. The number of amides is 1. The summed E-state index contributed by atoms with van der Waals surface area (Å²) >= 11 is 0. The number of carbonyl (C=O) groups excluding carboxylic acids is 1. The number of nitrogens with one attached hydrogen (secondary N) is 2. The second-order valence-corrected chi connectivity index (χ2v) is 6.43. The Labute approximate surface area is 144 Å². The molecule has 1 amide bonds. The maximum Gasteiger partial charge on any atom is 0.255 e. The van der Waals surface area contributed by atoms with Crippen molar-refractivity contribution in [1.29, 1.82) is 0 Å². The van der Waals surface area contributed by atoms with Gasteiger partial charge in [-0.2, -0.15) is 0 Å². The van der Waals surface area contributed by atoms with Crippen LogP contribution in [0.25, 0.3) is 0 Å². The fraction of sp³-hybridized carbons (Fsp3) is 0.350. The van der Waals surface area contributed by atoms with E-state index >= 15 is 0 Å². The van der Waals surface area contributed by atoms with Crippen molar-refractivity contribution in [3.8, 4) is 0 Å². The summed E-state index contributed by atoms with van der Waals surface area (Å²) < 4.78 is 0. The number of benzene rings is 2. The molecule has 1 heterocycles. The van der Waals surface area contributed by atoms with Gasteiger partial charge in [0.15, 0.2) is 0 Å². The van der Waals surface area contributed by atoms with Crippen molar-refractivity contribution in [3.05, 3.63) is 59.7 Å². The van der Waals surface area contributed by atoms with E-state index in [4.69, 9.17) is 0 Å². The minimum absolute atomic E-state index is 0.0519. The summed E-state index contributed by atoms with van der Waals surface area (Å²) in [6.07, 6.45) is 0. The third kappa shape index (κ3) is 3.77. The van der Waals surface area contributed by atoms with Crippen LogP contribution in [0.5, 0.6) is 0 Å². The van der Waals surface area contributed by atoms with Crippen LogP contribution in [-0.2, 0) is 0 Å². The molecule has 1 aliphatic heterocycles. The molecule has 0 spiro atoms. The topological polar surface area (TPSA) is 36.8 Å². The summed E-state index contributed by atoms with van der Waals surface area (Å²) in [6, 6.07) is 15.8. The van der Waals surface area contributed by atoms with E-state index in [-0.39, 0.29) is 5.91 Å². The number of quaternary nitrogens is 1. The van der Waals surface area contributed by atoms with Gasteiger partial charge in [-0.15, -0.1) is 0 Å². The van der Waals surface area contributed by atoms with Crippen molar-refractivity contribution in [1.82, 2.24) is 0 Å². The predicted molar refractivity (Wildman–Crippen MR) is 99.0 cm³/mol. The maximum atomic E-state index is 12.6. The summed E-state index contributed by atoms with van der Waals surface area (Å²) in [4.78, 5) is 16.6. The molecule has 0 saturated carbocycles. The Morgan fingerprint density at radius 1 is 1.12 bits per heavy atom. The maximum absolute atomic E-state index is 12.6. The highest BCUT2D eigenvalue weighted by molar-refractivity contribution is 6.06. The molecule has 0 atom stereocenters. The largest absolute Gasteiger partial charge is 0.359 e. The first-order valence-corrected chi connectivity index (χ1v) is 8.73. The molecule has 0 aliphatic carbocycles. The summed E-state index contributed by atoms with van der Waals surface area (Å²) in [7, 11) is 0. The second-order valence-electron chi connectivity index (χ2n) is 6.43. The summed E-state index contributed by atoms with van der Waals surface area (Å²) in [5.74, 6) is -0.0519. The Balaban J connectivity index is 1.76. The predicted octanol–water partition coefficient (Wildman–Crippen LogP) is 1.97. The number of rotatable bonds is 4. The number of hydrogen-bond acceptors (Lipinski definition) is 2. The van der Waals surface area contributed by atoms with E-state index < -0.39 is 0 Å². The molecule has 0 unspecified atom stereocenters. The van der Waals surface area contributed by atoms with E-state index in [1.54, 1.807) is 4.90 Å². The van der Waals surface area contributed by atoms with E-state index in [1.165, 1.54) is 6.54 Å². The molecule has 24 heavy (non-hydrogen) atoms. The quantitative estimate of drug-likeness (QED) is 0.902. The number of nitrogens with zero attached hydrogens (tertiary/aromatic N) is 1. The van der Waals surface area contributed by atoms with Gasteiger partial charge in [0, 0.05) is 5.56 Å². The summed E-state index contributed by atoms with van der Waals surface area (Å²) in [5, 5.41) is 3.09. The highest BCUT2D eigenvalue weighted by atomic mass is 16.1. The fourth-order valence-electron chi connectivity index (χ4n) is 3.25. The lowest BCUT2D eigenvalue weighted by molar-refractivity contribution is -0.898. The van der Waals surface area contributed by atoms with Crippen LogP contribution in [0.2, 0.25) is 0 Å². The van der Waals surface area contributed by atoms with Crippen LogP contribution >= 0.6 is 0 Å². The molecular formula is C20H26N3O+. The van der Waals surface area contributed by atoms with Gasteiger partial charge in [-0.05, 0) is 38.1 Å². The lowest BCUT2D eigenvalue weighted by Crippen LogP contribution is -3.14. The third-order valence-electron chi connectivity index (χ3n) is 4.74. The molecule has 0 bridgehead atoms. The molecule has 2 aromatic carbocycles. The standard InChI is InChI=1S/C20H25N3O/c1-3-22-11-13-23(14-12-22)19-10-5-4-9-18(19)21-20(24)17-8-6-7-16(2)15-17/h4-10,15H,3,11-14H2,1-2H3,(H,21,24)/p+1. The van der Waals surface area contributed by atoms with Crippen LogP contribution in [0, 0.1) is 6.92 Å². The SMILES string of the molecule is CC[NH+]1CCN(c2ccccc2NC(=O)c2cccc(C)c2)CC1. The molecule has 2 N–H and O–H groups in total. The minimum atomic E-state index is -0.0519. The number of para-hydroxylation sites is 2. The number of anilines is 2. The van der Waals surface area contributed by atoms with Crippen molar-refractivity contribution >= 4 is 17.3 Å². The summed E-state index contributed by atoms with van der Waals surface area (Å²) in [5.41, 5.74) is 3.80. The number of carbonyl (C=O) groups is 1. The first-order chi connectivity index (χ1) is 11.7. The molecule has 1 aliphatic rings. The molecule has 126 valence electrons. The molecular weight excluding hydrogens is 298 g/mol. The number of hydrogen-bond donors (Lipinski definition) is 2. The van der Waals surface area contributed by atoms with E-state index in [2.05, 4.69) is 23.2 Å². The van der Waals surface area contributed by atoms with Gasteiger partial charge in [-0.25, -0.2) is 0 Å². The number of aryl methyl sites for hydroxylation is 1. The van der Waals surface area contributed by atoms with Gasteiger partial charge in [-0.3, -0.25) is 4.79 Å². The zero-order chi connectivity index (χ0) is 16.9. The van der Waals surface area contributed by atoms with Gasteiger partial charge in [0.2, 0.25) is 0 Å². The van der Waals surface area contributed by atoms with E-state index in [1.807, 2.05) is 49.4 Å². The highest BCUT2D eigenvalue weighted by Gasteiger charge is 2.21. The monoisotopic (exact) mass is 324 g/mol. The van der Waals surface area contributed by atoms with Crippen LogP contribution in [0.4, 0.5) is 11.4 Å². The smallest absolute Gasteiger partial charge is 0.255 e. The van der Waals surface area contributed by atoms with Crippen LogP contribution in [0.3, 0.4) is 0 Å². The molecule has 1 saturated heterocycles. The van der Waals surface area contributed by atoms with Gasteiger partial charge >= 0.3 is 0 Å². The Morgan fingerprint density at radius 3 is 2.58 bits per heavy atom. The zero-order valence-corrected chi connectivity index (χ0v) is 14.5. The Morgan fingerprint density at radius 2 is 1.88 bits per heavy atom. The molecule has 4 nitrogen and oxygen atoms in total. The first kappa shape index (κ1) is 16.5. The van der Waals surface area contributed by atoms with Crippen molar-refractivity contribution in [2.24, 2.45) is 0 Å². The van der Waals surface area contributed by atoms with Crippen molar-refractivity contribution in [2.75, 3.05) is 42.9 Å². The Bertz CT molecular complexity index is 706. The number of likely N-dealkylation sites (N-methyl/N-ethyl adjacent to an activating group) is 1. The average Bonchev–Trinajstić information content (AvgIpc) is 2.62. The lowest BCUT2D eigenvalue weighted by atomic mass is 10.1. The molecule has 0 radical (unpaired) electrons. The highest BCUT2D eigenvalue weighted by Crippen LogP contribution is 2.26. The van der Waals surface area contributed by atoms with Crippen LogP contribution < -0.4 is 15.1 Å². The Kier molecular flexibility index (Phi) is 5.16. The zero-order valence-electron chi connectivity index (χ0n) is 14.5. The van der Waals surface area contributed by atoms with Gasteiger partial charge in [0.1, 0.15) is 0 Å². The van der Waals surface area contributed by atoms with Gasteiger partial charge in [0.05, 0.1) is 44.1 Å². The van der Waals surface area contributed by atoms with Crippen molar-refractivity contribution in [3.63, 3.8) is 0 Å². The van der Waals surface area contributed by atoms with Crippen LogP contribution in [0.15, 0.2) is 48.5 Å². The fourth-order valence-corrected chi connectivity index (χ4v) is 3.25. The van der Waals surface area contributed by atoms with Crippen LogP contribution in [0.1, 0.15) is 22.8 Å². The van der Waals surface area contributed by atoms with Crippen molar-refractivity contribution < 1.29 is 9.69 Å². The van der Waals surface area contributed by atoms with E-state index in [0.717, 1.165) is 43.1 Å². The molecule has 0 aromatic heterocycles. The molecule has 3 rings (SSSR count). The molecule has 2 aromatic rings. The minimum Gasteiger partial charge on any atom is -0.359 e. The first-order valence-electron chi connectivity index (χ1n) is 8.73. The van der Waals surface area contributed by atoms with E-state index in [9.17, 15) is 4.79 Å². The Hall–Kier alpha value is -2.33. The number of piperazine rings is 1. The molecule has 4 heteroatoms. The van der Waals surface area contributed by atoms with Gasteiger partial charge in [0.25, 0.3) is 5.91 Å². The third-order valence-corrected chi connectivity index (χ3v) is 4.74. The van der Waals surface area contributed by atoms with Crippen molar-refractivity contribution in [2.45, 2.75) is 13.8 Å². The van der Waals surface area contributed by atoms with Crippen LogP contribution in [-0.4, -0.2) is 38.6 Å². The summed E-state index contributed by atoms with van der Waals surface area (Å²) in [6.45, 7) is 9.77. The van der Waals surface area contributed by atoms with Gasteiger partial charge < -0.3 is 15.1 Å². The average molecular weight is 324 g/mol. The second kappa shape index (κ2) is 7.49. The van der Waals surface area contributed by atoms with E-state index in [0.29, 0.717) is 5.56 Å². The van der Waals surface area contributed by atoms with Gasteiger partial charge in [-0.1, -0.05) is 29.8 Å². The molecule has 1 fully saturated rings. The normalized spacial score (nSPS) is 15.3.